The number of hydrogen-bond donors (Lipinski definition) is 1. The summed E-state index contributed by atoms with van der Waals surface area (Å²) in [5.41, 5.74) is 3.28. The standard InChI is InChI=1S/C15H15BrClNO/c1-19-10-12-4-2-3-5-15(12)18-9-11-6-7-13(16)8-14(11)17/h2-8,18H,9-10H2,1H3. The molecule has 0 aromatic heterocycles. The summed E-state index contributed by atoms with van der Waals surface area (Å²) in [7, 11) is 1.70. The van der Waals surface area contributed by atoms with Gasteiger partial charge in [-0.2, -0.15) is 0 Å². The molecule has 0 atom stereocenters. The van der Waals surface area contributed by atoms with E-state index in [-0.39, 0.29) is 0 Å². The lowest BCUT2D eigenvalue weighted by molar-refractivity contribution is 0.185. The van der Waals surface area contributed by atoms with E-state index in [0.29, 0.717) is 13.2 Å². The third-order valence-corrected chi connectivity index (χ3v) is 3.65. The Morgan fingerprint density at radius 3 is 2.68 bits per heavy atom. The molecule has 0 aliphatic heterocycles. The van der Waals surface area contributed by atoms with Crippen LogP contribution >= 0.6 is 27.5 Å². The van der Waals surface area contributed by atoms with Gasteiger partial charge in [-0.15, -0.1) is 0 Å². The van der Waals surface area contributed by atoms with Crippen molar-refractivity contribution in [3.63, 3.8) is 0 Å². The van der Waals surface area contributed by atoms with Crippen molar-refractivity contribution in [3.8, 4) is 0 Å². The number of nitrogens with one attached hydrogen (secondary N) is 1. The molecule has 0 unspecified atom stereocenters. The lowest BCUT2D eigenvalue weighted by atomic mass is 10.1. The monoisotopic (exact) mass is 339 g/mol. The van der Waals surface area contributed by atoms with E-state index in [1.165, 1.54) is 0 Å². The van der Waals surface area contributed by atoms with E-state index in [0.717, 1.165) is 26.3 Å². The molecule has 0 amide bonds. The fourth-order valence-corrected chi connectivity index (χ4v) is 2.57. The Morgan fingerprint density at radius 2 is 1.95 bits per heavy atom. The minimum absolute atomic E-state index is 0.594. The Morgan fingerprint density at radius 1 is 1.16 bits per heavy atom. The van der Waals surface area contributed by atoms with Gasteiger partial charge in [-0.3, -0.25) is 0 Å². The van der Waals surface area contributed by atoms with Crippen LogP contribution in [0.5, 0.6) is 0 Å². The molecular formula is C15H15BrClNO. The summed E-state index contributed by atoms with van der Waals surface area (Å²) >= 11 is 9.61. The molecule has 0 aliphatic carbocycles. The Balaban J connectivity index is 2.10. The molecule has 4 heteroatoms. The van der Waals surface area contributed by atoms with Crippen molar-refractivity contribution in [1.82, 2.24) is 0 Å². The number of hydrogen-bond acceptors (Lipinski definition) is 2. The maximum absolute atomic E-state index is 6.20. The average molecular weight is 341 g/mol. The number of para-hydroxylation sites is 1. The Hall–Kier alpha value is -1.03. The highest BCUT2D eigenvalue weighted by Gasteiger charge is 2.04. The largest absolute Gasteiger partial charge is 0.381 e. The molecule has 0 heterocycles. The van der Waals surface area contributed by atoms with Crippen LogP contribution in [0.25, 0.3) is 0 Å². The summed E-state index contributed by atoms with van der Waals surface area (Å²) < 4.78 is 6.17. The van der Waals surface area contributed by atoms with Gasteiger partial charge in [0.25, 0.3) is 0 Å². The van der Waals surface area contributed by atoms with Crippen LogP contribution in [-0.4, -0.2) is 7.11 Å². The van der Waals surface area contributed by atoms with Crippen molar-refractivity contribution < 1.29 is 4.74 Å². The van der Waals surface area contributed by atoms with Crippen LogP contribution in [-0.2, 0) is 17.9 Å². The van der Waals surface area contributed by atoms with Crippen LogP contribution in [0, 0.1) is 0 Å². The first-order valence-electron chi connectivity index (χ1n) is 5.95. The predicted octanol–water partition coefficient (Wildman–Crippen LogP) is 4.86. The van der Waals surface area contributed by atoms with Crippen molar-refractivity contribution in [2.45, 2.75) is 13.2 Å². The van der Waals surface area contributed by atoms with Gasteiger partial charge in [0.1, 0.15) is 0 Å². The second-order valence-electron chi connectivity index (χ2n) is 4.18. The lowest BCUT2D eigenvalue weighted by Crippen LogP contribution is -2.03. The predicted molar refractivity (Wildman–Crippen MR) is 83.6 cm³/mol. The molecule has 2 aromatic rings. The molecule has 0 spiro atoms. The Kier molecular flexibility index (Phi) is 5.25. The highest BCUT2D eigenvalue weighted by molar-refractivity contribution is 9.10. The van der Waals surface area contributed by atoms with Gasteiger partial charge in [-0.1, -0.05) is 51.8 Å². The number of anilines is 1. The molecule has 0 bridgehead atoms. The van der Waals surface area contributed by atoms with E-state index in [4.69, 9.17) is 16.3 Å². The van der Waals surface area contributed by atoms with Crippen molar-refractivity contribution >= 4 is 33.2 Å². The molecule has 2 nitrogen and oxygen atoms in total. The molecule has 2 aromatic carbocycles. The fourth-order valence-electron chi connectivity index (χ4n) is 1.83. The topological polar surface area (TPSA) is 21.3 Å². The van der Waals surface area contributed by atoms with Gasteiger partial charge in [0, 0.05) is 34.4 Å². The summed E-state index contributed by atoms with van der Waals surface area (Å²) in [6.45, 7) is 1.28. The summed E-state index contributed by atoms with van der Waals surface area (Å²) in [5.74, 6) is 0. The fraction of sp³-hybridized carbons (Fsp3) is 0.200. The highest BCUT2D eigenvalue weighted by atomic mass is 79.9. The van der Waals surface area contributed by atoms with E-state index in [1.807, 2.05) is 36.4 Å². The van der Waals surface area contributed by atoms with Crippen molar-refractivity contribution in [1.29, 1.82) is 0 Å². The maximum atomic E-state index is 6.20. The summed E-state index contributed by atoms with van der Waals surface area (Å²) in [6, 6.07) is 14.0. The van der Waals surface area contributed by atoms with Crippen molar-refractivity contribution in [3.05, 3.63) is 63.1 Å². The normalized spacial score (nSPS) is 10.5. The molecule has 19 heavy (non-hydrogen) atoms. The maximum Gasteiger partial charge on any atom is 0.0733 e. The van der Waals surface area contributed by atoms with E-state index in [9.17, 15) is 0 Å². The van der Waals surface area contributed by atoms with Crippen molar-refractivity contribution in [2.75, 3.05) is 12.4 Å². The molecule has 0 radical (unpaired) electrons. The summed E-state index contributed by atoms with van der Waals surface area (Å²) in [4.78, 5) is 0. The first-order chi connectivity index (χ1) is 9.20. The quantitative estimate of drug-likeness (QED) is 0.839. The molecular weight excluding hydrogens is 326 g/mol. The third kappa shape index (κ3) is 3.96. The lowest BCUT2D eigenvalue weighted by Gasteiger charge is -2.12. The smallest absolute Gasteiger partial charge is 0.0733 e. The van der Waals surface area contributed by atoms with Gasteiger partial charge in [0.2, 0.25) is 0 Å². The highest BCUT2D eigenvalue weighted by Crippen LogP contribution is 2.23. The molecule has 0 aliphatic rings. The SMILES string of the molecule is COCc1ccccc1NCc1ccc(Br)cc1Cl. The van der Waals surface area contributed by atoms with Crippen LogP contribution in [0.4, 0.5) is 5.69 Å². The third-order valence-electron chi connectivity index (χ3n) is 2.80. The van der Waals surface area contributed by atoms with Crippen LogP contribution in [0.1, 0.15) is 11.1 Å². The second-order valence-corrected chi connectivity index (χ2v) is 5.50. The van der Waals surface area contributed by atoms with Crippen LogP contribution in [0.3, 0.4) is 0 Å². The second kappa shape index (κ2) is 6.94. The Bertz CT molecular complexity index is 560. The number of ether oxygens (including phenoxy) is 1. The number of methoxy groups -OCH3 is 1. The first kappa shape index (κ1) is 14.4. The number of rotatable bonds is 5. The minimum atomic E-state index is 0.594. The van der Waals surface area contributed by atoms with E-state index < -0.39 is 0 Å². The first-order valence-corrected chi connectivity index (χ1v) is 7.12. The summed E-state index contributed by atoms with van der Waals surface area (Å²) in [5, 5.41) is 4.15. The van der Waals surface area contributed by atoms with Gasteiger partial charge in [-0.05, 0) is 23.8 Å². The van der Waals surface area contributed by atoms with E-state index >= 15 is 0 Å². The molecule has 0 saturated heterocycles. The average Bonchev–Trinajstić information content (AvgIpc) is 2.40. The van der Waals surface area contributed by atoms with E-state index in [1.54, 1.807) is 7.11 Å². The van der Waals surface area contributed by atoms with Crippen LogP contribution in [0.2, 0.25) is 5.02 Å². The van der Waals surface area contributed by atoms with Gasteiger partial charge in [0.05, 0.1) is 6.61 Å². The molecule has 0 fully saturated rings. The summed E-state index contributed by atoms with van der Waals surface area (Å²) in [6.07, 6.45) is 0. The zero-order valence-electron chi connectivity index (χ0n) is 10.6. The minimum Gasteiger partial charge on any atom is -0.381 e. The zero-order chi connectivity index (χ0) is 13.7. The molecule has 0 saturated carbocycles. The van der Waals surface area contributed by atoms with Gasteiger partial charge < -0.3 is 10.1 Å². The van der Waals surface area contributed by atoms with Gasteiger partial charge in [-0.25, -0.2) is 0 Å². The molecule has 100 valence electrons. The van der Waals surface area contributed by atoms with Gasteiger partial charge in [0.15, 0.2) is 0 Å². The van der Waals surface area contributed by atoms with E-state index in [2.05, 4.69) is 27.3 Å². The Labute approximate surface area is 126 Å². The van der Waals surface area contributed by atoms with Gasteiger partial charge >= 0.3 is 0 Å². The van der Waals surface area contributed by atoms with Crippen LogP contribution < -0.4 is 5.32 Å². The van der Waals surface area contributed by atoms with Crippen molar-refractivity contribution in [2.24, 2.45) is 0 Å². The zero-order valence-corrected chi connectivity index (χ0v) is 13.0. The molecule has 2 rings (SSSR count). The van der Waals surface area contributed by atoms with Crippen LogP contribution in [0.15, 0.2) is 46.9 Å². The molecule has 1 N–H and O–H groups in total. The number of halogens is 2. The number of benzene rings is 2.